The van der Waals surface area contributed by atoms with Crippen LogP contribution in [0.5, 0.6) is 0 Å². The van der Waals surface area contributed by atoms with E-state index >= 15 is 0 Å². The van der Waals surface area contributed by atoms with Crippen molar-refractivity contribution in [3.05, 3.63) is 121 Å². The first-order chi connectivity index (χ1) is 21.8. The Kier molecular flexibility index (Phi) is 38.7. The highest BCUT2D eigenvalue weighted by Crippen LogP contribution is 2.06. The van der Waals surface area contributed by atoms with Crippen molar-refractivity contribution in [1.82, 2.24) is 15.4 Å². The van der Waals surface area contributed by atoms with Crippen molar-refractivity contribution >= 4 is 18.1 Å². The quantitative estimate of drug-likeness (QED) is 0.0929. The van der Waals surface area contributed by atoms with Gasteiger partial charge in [-0.25, -0.2) is 5.48 Å². The number of methoxy groups -OCH3 is 1. The fourth-order valence-corrected chi connectivity index (χ4v) is 3.35. The molecule has 254 valence electrons. The molecule has 0 fully saturated rings. The first-order valence-corrected chi connectivity index (χ1v) is 15.5. The zero-order valence-corrected chi connectivity index (χ0v) is 29.7. The van der Waals surface area contributed by atoms with E-state index in [1.165, 1.54) is 28.7 Å². The van der Waals surface area contributed by atoms with Gasteiger partial charge in [-0.2, -0.15) is 0 Å². The number of carbonyl (C=O) groups is 1. The minimum absolute atomic E-state index is 0.0958. The van der Waals surface area contributed by atoms with Crippen molar-refractivity contribution in [3.8, 4) is 0 Å². The summed E-state index contributed by atoms with van der Waals surface area (Å²) in [4.78, 5) is 15.2. The Morgan fingerprint density at radius 2 is 1.58 bits per heavy atom. The minimum Gasteiger partial charge on any atom is -0.502 e. The van der Waals surface area contributed by atoms with Crippen LogP contribution in [0.25, 0.3) is 12.2 Å². The second-order valence-corrected chi connectivity index (χ2v) is 8.42. The molecule has 1 aromatic carbocycles. The summed E-state index contributed by atoms with van der Waals surface area (Å²) in [6.45, 7) is 35.9. The van der Waals surface area contributed by atoms with Gasteiger partial charge in [0.25, 0.3) is 0 Å². The number of hydrogen-bond donors (Lipinski definition) is 3. The summed E-state index contributed by atoms with van der Waals surface area (Å²) < 4.78 is 10.6. The number of nitrogens with one attached hydrogen (secondary N) is 2. The van der Waals surface area contributed by atoms with Gasteiger partial charge >= 0.3 is 0 Å². The largest absolute Gasteiger partial charge is 0.502 e. The van der Waals surface area contributed by atoms with Crippen molar-refractivity contribution in [3.63, 3.8) is 0 Å². The lowest BCUT2D eigenvalue weighted by molar-refractivity contribution is -0.126. The molecule has 2 rings (SSSR count). The van der Waals surface area contributed by atoms with Crippen LogP contribution in [0.15, 0.2) is 99.5 Å². The molecule has 7 nitrogen and oxygen atoms in total. The maximum absolute atomic E-state index is 9.45. The number of nitrogens with zero attached hydrogens (tertiary/aromatic N) is 1. The third-order valence-corrected chi connectivity index (χ3v) is 5.63. The molecule has 1 amide bonds. The van der Waals surface area contributed by atoms with E-state index in [-0.39, 0.29) is 6.10 Å². The summed E-state index contributed by atoms with van der Waals surface area (Å²) >= 11 is 0. The van der Waals surface area contributed by atoms with Crippen LogP contribution >= 0.6 is 0 Å². The number of ether oxygens (including phenoxy) is 2. The van der Waals surface area contributed by atoms with Gasteiger partial charge in [0.05, 0.1) is 25.6 Å². The van der Waals surface area contributed by atoms with Crippen LogP contribution < -0.4 is 16.0 Å². The van der Waals surface area contributed by atoms with Crippen LogP contribution in [-0.4, -0.2) is 53.9 Å². The average Bonchev–Trinajstić information content (AvgIpc) is 3.50. The highest BCUT2D eigenvalue weighted by molar-refractivity contribution is 5.71. The molecule has 0 aliphatic rings. The van der Waals surface area contributed by atoms with E-state index in [0.29, 0.717) is 6.61 Å². The highest BCUT2D eigenvalue weighted by Gasteiger charge is 2.09. The predicted molar refractivity (Wildman–Crippen MR) is 196 cm³/mol. The summed E-state index contributed by atoms with van der Waals surface area (Å²) in [7, 11) is 1.66. The van der Waals surface area contributed by atoms with Crippen molar-refractivity contribution in [2.24, 2.45) is 0 Å². The molecule has 0 aliphatic carbocycles. The van der Waals surface area contributed by atoms with Crippen LogP contribution in [0.2, 0.25) is 0 Å². The van der Waals surface area contributed by atoms with Gasteiger partial charge in [0.15, 0.2) is 0 Å². The van der Waals surface area contributed by atoms with E-state index in [9.17, 15) is 4.79 Å². The molecular formula is C38H63N3O4. The molecule has 45 heavy (non-hydrogen) atoms. The molecular weight excluding hydrogens is 562 g/mol. The SMILES string of the molecule is C/C=C(\C)OC.C=C.C=C/C=c1/[nH]cc(CCN(CCOC(C=C)C=C)Cc2ccccc2)/c1=C/C.CC.CC.CC(=O)NO. The van der Waals surface area contributed by atoms with Crippen LogP contribution in [0, 0.1) is 0 Å². The molecule has 0 radical (unpaired) electrons. The number of benzene rings is 1. The standard InChI is InChI=1S/C25H32N2O.C5H10O.C2H5NO2.2C2H6.C2H4/c1-5-12-25-24(8-4)22(19-26-25)15-16-27(17-18-28-23(6-2)7-3)20-21-13-10-9-11-14-21;1-4-5(2)6-3;1-2(4)3-5;3*1-2/h5-14,19,23,26H,1-3,15-18,20H2,4H3;4H,1-3H3;5H,1H3,(H,3,4);2*1-2H3;1-2H2/b24-8-,25-12+;5-4+;;;;. The summed E-state index contributed by atoms with van der Waals surface area (Å²) in [5, 5.41) is 9.92. The van der Waals surface area contributed by atoms with Crippen LogP contribution in [0.3, 0.4) is 0 Å². The Bertz CT molecular complexity index is 1130. The Hall–Kier alpha value is -3.91. The van der Waals surface area contributed by atoms with Crippen molar-refractivity contribution in [1.29, 1.82) is 0 Å². The highest BCUT2D eigenvalue weighted by atomic mass is 16.5. The lowest BCUT2D eigenvalue weighted by atomic mass is 10.1. The Morgan fingerprint density at radius 1 is 1.02 bits per heavy atom. The third-order valence-electron chi connectivity index (χ3n) is 5.63. The molecule has 1 heterocycles. The fraction of sp³-hybridized carbons (Fsp3) is 0.395. The normalized spacial score (nSPS) is 10.5. The minimum atomic E-state index is -0.440. The number of hydroxylamine groups is 1. The van der Waals surface area contributed by atoms with Gasteiger partial charge in [0, 0.05) is 38.1 Å². The van der Waals surface area contributed by atoms with Crippen molar-refractivity contribution < 1.29 is 19.5 Å². The van der Waals surface area contributed by atoms with Crippen molar-refractivity contribution in [2.45, 2.75) is 74.5 Å². The summed E-state index contributed by atoms with van der Waals surface area (Å²) in [6, 6.07) is 10.6. The molecule has 3 N–H and O–H groups in total. The van der Waals surface area contributed by atoms with E-state index in [4.69, 9.17) is 14.7 Å². The molecule has 2 aromatic rings. The summed E-state index contributed by atoms with van der Waals surface area (Å²) in [6.07, 6.45) is 14.4. The van der Waals surface area contributed by atoms with Gasteiger partial charge < -0.3 is 14.5 Å². The molecule has 0 unspecified atom stereocenters. The van der Waals surface area contributed by atoms with Gasteiger partial charge in [-0.3, -0.25) is 14.9 Å². The number of carbonyl (C=O) groups excluding carboxylic acids is 1. The molecule has 0 atom stereocenters. The lowest BCUT2D eigenvalue weighted by Gasteiger charge is -2.23. The average molecular weight is 626 g/mol. The maximum Gasteiger partial charge on any atom is 0.240 e. The number of aromatic amines is 1. The van der Waals surface area contributed by atoms with Crippen LogP contribution in [0.4, 0.5) is 0 Å². The third kappa shape index (κ3) is 26.2. The van der Waals surface area contributed by atoms with E-state index in [1.807, 2.05) is 59.8 Å². The summed E-state index contributed by atoms with van der Waals surface area (Å²) in [5.41, 5.74) is 4.02. The first-order valence-electron chi connectivity index (χ1n) is 15.5. The van der Waals surface area contributed by atoms with Crippen LogP contribution in [0.1, 0.15) is 66.5 Å². The molecule has 1 aromatic heterocycles. The number of aromatic nitrogens is 1. The topological polar surface area (TPSA) is 86.8 Å². The van der Waals surface area contributed by atoms with Crippen LogP contribution in [-0.2, 0) is 27.2 Å². The molecule has 0 bridgehead atoms. The van der Waals surface area contributed by atoms with Gasteiger partial charge in [-0.1, -0.05) is 95.0 Å². The van der Waals surface area contributed by atoms with E-state index < -0.39 is 5.91 Å². The Morgan fingerprint density at radius 3 is 1.98 bits per heavy atom. The Labute approximate surface area is 275 Å². The smallest absolute Gasteiger partial charge is 0.240 e. The monoisotopic (exact) mass is 625 g/mol. The zero-order valence-electron chi connectivity index (χ0n) is 29.7. The molecule has 7 heteroatoms. The second-order valence-electron chi connectivity index (χ2n) is 8.42. The number of H-pyrrole nitrogens is 1. The molecule has 0 saturated carbocycles. The summed E-state index contributed by atoms with van der Waals surface area (Å²) in [5.74, 6) is 0.528. The number of allylic oxidation sites excluding steroid dienone is 3. The van der Waals surface area contributed by atoms with Gasteiger partial charge in [0.1, 0.15) is 0 Å². The van der Waals surface area contributed by atoms with Gasteiger partial charge in [0.2, 0.25) is 5.91 Å². The first kappa shape index (κ1) is 48.0. The zero-order chi connectivity index (χ0) is 35.5. The molecule has 0 aliphatic heterocycles. The van der Waals surface area contributed by atoms with Gasteiger partial charge in [-0.15, -0.1) is 26.3 Å². The van der Waals surface area contributed by atoms with E-state index in [2.05, 4.69) is 92.3 Å². The van der Waals surface area contributed by atoms with Crippen molar-refractivity contribution in [2.75, 3.05) is 26.8 Å². The number of amides is 1. The lowest BCUT2D eigenvalue weighted by Crippen LogP contribution is -2.32. The number of hydrogen-bond acceptors (Lipinski definition) is 5. The predicted octanol–water partition coefficient (Wildman–Crippen LogP) is 7.51. The van der Waals surface area contributed by atoms with Gasteiger partial charge in [-0.05, 0) is 49.6 Å². The number of rotatable bonds is 13. The molecule has 0 saturated heterocycles. The Balaban J connectivity index is -0.000000411. The van der Waals surface area contributed by atoms with E-state index in [0.717, 1.165) is 37.2 Å². The molecule has 0 spiro atoms. The van der Waals surface area contributed by atoms with E-state index in [1.54, 1.807) is 19.3 Å². The second kappa shape index (κ2) is 36.3. The fourth-order valence-electron chi connectivity index (χ4n) is 3.35. The maximum atomic E-state index is 9.45.